The quantitative estimate of drug-likeness (QED) is 0.480. The van der Waals surface area contributed by atoms with E-state index in [2.05, 4.69) is 61.1 Å². The minimum atomic E-state index is 0.273. The third-order valence-electron chi connectivity index (χ3n) is 4.78. The lowest BCUT2D eigenvalue weighted by Crippen LogP contribution is -2.23. The van der Waals surface area contributed by atoms with Crippen LogP contribution in [0.5, 0.6) is 0 Å². The van der Waals surface area contributed by atoms with Gasteiger partial charge in [-0.05, 0) is 71.3 Å². The van der Waals surface area contributed by atoms with E-state index in [9.17, 15) is 0 Å². The molecule has 0 bridgehead atoms. The van der Waals surface area contributed by atoms with Crippen LogP contribution in [0.4, 0.5) is 0 Å². The Balaban J connectivity index is 2.58. The highest BCUT2D eigenvalue weighted by atomic mass is 32.2. The smallest absolute Gasteiger partial charge is 0.0390 e. The van der Waals surface area contributed by atoms with Crippen molar-refractivity contribution in [2.24, 2.45) is 5.41 Å². The number of allylic oxidation sites excluding steroid dienone is 3. The maximum absolute atomic E-state index is 4.19. The fraction of sp³-hybridized carbons (Fsp3) is 0.684. The van der Waals surface area contributed by atoms with E-state index in [-0.39, 0.29) is 4.75 Å². The predicted molar refractivity (Wildman–Crippen MR) is 95.2 cm³/mol. The molecule has 0 aromatic carbocycles. The molecular weight excluding hydrogens is 260 g/mol. The first kappa shape index (κ1) is 17.6. The van der Waals surface area contributed by atoms with Crippen LogP contribution >= 0.6 is 11.8 Å². The van der Waals surface area contributed by atoms with Crippen molar-refractivity contribution in [2.45, 2.75) is 78.9 Å². The van der Waals surface area contributed by atoms with Gasteiger partial charge in [-0.1, -0.05) is 37.6 Å². The molecule has 1 aliphatic rings. The molecule has 0 spiro atoms. The van der Waals surface area contributed by atoms with Crippen LogP contribution in [0.25, 0.3) is 0 Å². The highest BCUT2D eigenvalue weighted by Gasteiger charge is 2.36. The van der Waals surface area contributed by atoms with Gasteiger partial charge in [-0.2, -0.15) is 0 Å². The van der Waals surface area contributed by atoms with Gasteiger partial charge in [-0.3, -0.25) is 0 Å². The molecular formula is C19H32S. The minimum absolute atomic E-state index is 0.273. The second-order valence-corrected chi connectivity index (χ2v) is 9.09. The molecule has 0 amide bonds. The van der Waals surface area contributed by atoms with Crippen LogP contribution in [0.3, 0.4) is 0 Å². The maximum Gasteiger partial charge on any atom is 0.0390 e. The third-order valence-corrected chi connectivity index (χ3v) is 6.29. The first-order valence-corrected chi connectivity index (χ1v) is 8.59. The number of hydrogen-bond donors (Lipinski definition) is 0. The molecule has 0 aromatic heterocycles. The number of hydrogen-bond acceptors (Lipinski definition) is 1. The van der Waals surface area contributed by atoms with E-state index in [1.165, 1.54) is 47.3 Å². The molecule has 1 atom stereocenters. The second kappa shape index (κ2) is 6.56. The number of rotatable bonds is 6. The summed E-state index contributed by atoms with van der Waals surface area (Å²) >= 11 is 1.97. The topological polar surface area (TPSA) is 0 Å². The van der Waals surface area contributed by atoms with Crippen LogP contribution in [-0.4, -0.2) is 4.75 Å². The van der Waals surface area contributed by atoms with Crippen molar-refractivity contribution in [3.8, 4) is 0 Å². The van der Waals surface area contributed by atoms with Crippen LogP contribution in [-0.2, 0) is 0 Å². The SMILES string of the molecule is C=C1SC(C)(CCC(C)(C)CCC=C(C)C)C(C)=C1C. The fourth-order valence-corrected chi connectivity index (χ4v) is 4.08. The molecule has 1 aliphatic heterocycles. The molecule has 20 heavy (non-hydrogen) atoms. The van der Waals surface area contributed by atoms with Gasteiger partial charge in [-0.25, -0.2) is 0 Å². The van der Waals surface area contributed by atoms with Crippen molar-refractivity contribution in [1.82, 2.24) is 0 Å². The van der Waals surface area contributed by atoms with Crippen LogP contribution in [0, 0.1) is 5.41 Å². The predicted octanol–water partition coefficient (Wildman–Crippen LogP) is 6.89. The summed E-state index contributed by atoms with van der Waals surface area (Å²) in [5, 5.41) is 0. The average molecular weight is 293 g/mol. The molecule has 0 aromatic rings. The van der Waals surface area contributed by atoms with Gasteiger partial charge in [0.25, 0.3) is 0 Å². The summed E-state index contributed by atoms with van der Waals surface area (Å²) < 4.78 is 0.273. The standard InChI is InChI=1S/C19H32S/c1-14(2)10-9-11-18(6,7)12-13-19(8)16(4)15(3)17(5)20-19/h10H,5,9,11-13H2,1-4,6-8H3. The van der Waals surface area contributed by atoms with Gasteiger partial charge in [0.15, 0.2) is 0 Å². The lowest BCUT2D eigenvalue weighted by Gasteiger charge is -2.31. The molecule has 1 heteroatoms. The van der Waals surface area contributed by atoms with Gasteiger partial charge in [0.2, 0.25) is 0 Å². The van der Waals surface area contributed by atoms with E-state index in [0.717, 1.165) is 0 Å². The zero-order valence-electron chi connectivity index (χ0n) is 14.5. The third kappa shape index (κ3) is 4.55. The van der Waals surface area contributed by atoms with Crippen molar-refractivity contribution in [2.75, 3.05) is 0 Å². The molecule has 0 nitrogen and oxygen atoms in total. The van der Waals surface area contributed by atoms with E-state index in [1.54, 1.807) is 0 Å². The Morgan fingerprint density at radius 3 is 2.30 bits per heavy atom. The van der Waals surface area contributed by atoms with E-state index in [1.807, 2.05) is 11.8 Å². The van der Waals surface area contributed by atoms with Gasteiger partial charge in [0.05, 0.1) is 0 Å². The summed E-state index contributed by atoms with van der Waals surface area (Å²) in [6.07, 6.45) is 7.39. The summed E-state index contributed by atoms with van der Waals surface area (Å²) in [4.78, 5) is 1.27. The van der Waals surface area contributed by atoms with E-state index < -0.39 is 0 Å². The van der Waals surface area contributed by atoms with Crippen LogP contribution in [0.15, 0.2) is 34.3 Å². The molecule has 1 unspecified atom stereocenters. The van der Waals surface area contributed by atoms with Gasteiger partial charge in [-0.15, -0.1) is 11.8 Å². The molecule has 0 radical (unpaired) electrons. The van der Waals surface area contributed by atoms with Gasteiger partial charge in [0.1, 0.15) is 0 Å². The lowest BCUT2D eigenvalue weighted by molar-refractivity contribution is 0.293. The lowest BCUT2D eigenvalue weighted by atomic mass is 9.79. The highest BCUT2D eigenvalue weighted by Crippen LogP contribution is 2.52. The Morgan fingerprint density at radius 2 is 1.85 bits per heavy atom. The molecule has 1 rings (SSSR count). The van der Waals surface area contributed by atoms with Gasteiger partial charge >= 0.3 is 0 Å². The van der Waals surface area contributed by atoms with Crippen molar-refractivity contribution in [3.63, 3.8) is 0 Å². The molecule has 0 aliphatic carbocycles. The Hall–Kier alpha value is -0.430. The van der Waals surface area contributed by atoms with Crippen molar-refractivity contribution in [3.05, 3.63) is 34.3 Å². The molecule has 114 valence electrons. The summed E-state index contributed by atoms with van der Waals surface area (Å²) in [6.45, 7) is 20.3. The first-order valence-electron chi connectivity index (χ1n) is 7.77. The largest absolute Gasteiger partial charge is 0.115 e. The van der Waals surface area contributed by atoms with E-state index in [4.69, 9.17) is 0 Å². The highest BCUT2D eigenvalue weighted by molar-refractivity contribution is 8.05. The van der Waals surface area contributed by atoms with Crippen molar-refractivity contribution >= 4 is 11.8 Å². The monoisotopic (exact) mass is 292 g/mol. The zero-order valence-corrected chi connectivity index (χ0v) is 15.3. The Kier molecular flexibility index (Phi) is 5.78. The second-order valence-electron chi connectivity index (χ2n) is 7.49. The Morgan fingerprint density at radius 1 is 1.25 bits per heavy atom. The Labute approximate surface area is 130 Å². The summed E-state index contributed by atoms with van der Waals surface area (Å²) in [7, 11) is 0. The van der Waals surface area contributed by atoms with Crippen LogP contribution in [0.1, 0.15) is 74.1 Å². The first-order chi connectivity index (χ1) is 9.07. The number of thioether (sulfide) groups is 1. The van der Waals surface area contributed by atoms with Crippen molar-refractivity contribution < 1.29 is 0 Å². The van der Waals surface area contributed by atoms with Crippen molar-refractivity contribution in [1.29, 1.82) is 0 Å². The molecule has 1 heterocycles. The molecule has 0 saturated carbocycles. The Bertz CT molecular complexity index is 433. The normalized spacial score (nSPS) is 23.4. The average Bonchev–Trinajstić information content (AvgIpc) is 2.51. The summed E-state index contributed by atoms with van der Waals surface area (Å²) in [6, 6.07) is 0. The fourth-order valence-electron chi connectivity index (χ4n) is 2.72. The van der Waals surface area contributed by atoms with E-state index >= 15 is 0 Å². The summed E-state index contributed by atoms with van der Waals surface area (Å²) in [5.74, 6) is 0. The van der Waals surface area contributed by atoms with Gasteiger partial charge in [0, 0.05) is 9.65 Å². The summed E-state index contributed by atoms with van der Waals surface area (Å²) in [5.41, 5.74) is 4.81. The minimum Gasteiger partial charge on any atom is -0.115 e. The van der Waals surface area contributed by atoms with Crippen LogP contribution in [0.2, 0.25) is 0 Å². The zero-order chi connectivity index (χ0) is 15.6. The van der Waals surface area contributed by atoms with E-state index in [0.29, 0.717) is 5.41 Å². The molecule has 0 saturated heterocycles. The van der Waals surface area contributed by atoms with Crippen LogP contribution < -0.4 is 0 Å². The molecule has 0 fully saturated rings. The molecule has 0 N–H and O–H groups in total. The maximum atomic E-state index is 4.19. The van der Waals surface area contributed by atoms with Gasteiger partial charge < -0.3 is 0 Å².